The highest BCUT2D eigenvalue weighted by atomic mass is 35.5. The van der Waals surface area contributed by atoms with Gasteiger partial charge in [-0.05, 0) is 36.8 Å². The van der Waals surface area contributed by atoms with E-state index in [-0.39, 0.29) is 16.9 Å². The lowest BCUT2D eigenvalue weighted by molar-refractivity contribution is 0.488. The molecule has 0 aliphatic rings. The lowest BCUT2D eigenvalue weighted by atomic mass is 9.98. The summed E-state index contributed by atoms with van der Waals surface area (Å²) in [5, 5.41) is 0.175. The molecule has 2 N–H and O–H groups in total. The Bertz CT molecular complexity index is 339. The fourth-order valence-corrected chi connectivity index (χ4v) is 1.83. The maximum Gasteiger partial charge on any atom is 0.145 e. The first-order valence-electron chi connectivity index (χ1n) is 5.69. The summed E-state index contributed by atoms with van der Waals surface area (Å²) in [6.45, 7) is 4.32. The average Bonchev–Trinajstić information content (AvgIpc) is 2.22. The Morgan fingerprint density at radius 3 is 2.62 bits per heavy atom. The summed E-state index contributed by atoms with van der Waals surface area (Å²) in [5.41, 5.74) is 6.58. The third kappa shape index (κ3) is 4.11. The molecule has 1 aromatic rings. The normalized spacial score (nSPS) is 13.1. The Labute approximate surface area is 102 Å². The SMILES string of the molecule is CC(C)CCC(N)Cc1cccc(Cl)c1F. The van der Waals surface area contributed by atoms with Gasteiger partial charge in [-0.25, -0.2) is 4.39 Å². The molecule has 0 saturated heterocycles. The van der Waals surface area contributed by atoms with Crippen molar-refractivity contribution in [3.8, 4) is 0 Å². The molecule has 16 heavy (non-hydrogen) atoms. The number of hydrogen-bond acceptors (Lipinski definition) is 1. The van der Waals surface area contributed by atoms with Crippen molar-refractivity contribution in [2.75, 3.05) is 0 Å². The van der Waals surface area contributed by atoms with Gasteiger partial charge in [0, 0.05) is 6.04 Å². The van der Waals surface area contributed by atoms with E-state index in [0.29, 0.717) is 17.9 Å². The highest BCUT2D eigenvalue weighted by molar-refractivity contribution is 6.30. The van der Waals surface area contributed by atoms with Crippen molar-refractivity contribution < 1.29 is 4.39 Å². The zero-order valence-corrected chi connectivity index (χ0v) is 10.6. The van der Waals surface area contributed by atoms with Crippen LogP contribution in [0.25, 0.3) is 0 Å². The van der Waals surface area contributed by atoms with E-state index in [0.717, 1.165) is 12.8 Å². The summed E-state index contributed by atoms with van der Waals surface area (Å²) >= 11 is 5.71. The van der Waals surface area contributed by atoms with E-state index < -0.39 is 0 Å². The van der Waals surface area contributed by atoms with Gasteiger partial charge in [0.1, 0.15) is 5.82 Å². The Morgan fingerprint density at radius 2 is 2.00 bits per heavy atom. The smallest absolute Gasteiger partial charge is 0.145 e. The third-order valence-electron chi connectivity index (χ3n) is 2.63. The maximum absolute atomic E-state index is 13.6. The van der Waals surface area contributed by atoms with Crippen molar-refractivity contribution in [1.29, 1.82) is 0 Å². The fourth-order valence-electron chi connectivity index (χ4n) is 1.64. The Morgan fingerprint density at radius 1 is 1.31 bits per heavy atom. The van der Waals surface area contributed by atoms with E-state index in [2.05, 4.69) is 13.8 Å². The van der Waals surface area contributed by atoms with Crippen molar-refractivity contribution in [1.82, 2.24) is 0 Å². The molecule has 0 spiro atoms. The van der Waals surface area contributed by atoms with Crippen molar-refractivity contribution in [3.05, 3.63) is 34.6 Å². The standard InChI is InChI=1S/C13H19ClFN/c1-9(2)6-7-11(16)8-10-4-3-5-12(14)13(10)15/h3-5,9,11H,6-8,16H2,1-2H3. The van der Waals surface area contributed by atoms with Crippen molar-refractivity contribution in [2.24, 2.45) is 11.7 Å². The molecule has 0 bridgehead atoms. The molecule has 1 aromatic carbocycles. The van der Waals surface area contributed by atoms with E-state index in [1.807, 2.05) is 0 Å². The van der Waals surface area contributed by atoms with Crippen molar-refractivity contribution >= 4 is 11.6 Å². The molecule has 0 aliphatic heterocycles. The van der Waals surface area contributed by atoms with Gasteiger partial charge in [-0.1, -0.05) is 37.6 Å². The van der Waals surface area contributed by atoms with Crippen LogP contribution in [0.2, 0.25) is 5.02 Å². The molecule has 0 saturated carbocycles. The van der Waals surface area contributed by atoms with Gasteiger partial charge in [0.15, 0.2) is 0 Å². The minimum atomic E-state index is -0.329. The average molecular weight is 244 g/mol. The molecule has 0 aliphatic carbocycles. The first kappa shape index (κ1) is 13.5. The summed E-state index contributed by atoms with van der Waals surface area (Å²) in [4.78, 5) is 0. The van der Waals surface area contributed by atoms with E-state index in [4.69, 9.17) is 17.3 Å². The molecule has 0 fully saturated rings. The molecule has 1 rings (SSSR count). The zero-order valence-electron chi connectivity index (χ0n) is 9.84. The van der Waals surface area contributed by atoms with Crippen LogP contribution in [0.15, 0.2) is 18.2 Å². The van der Waals surface area contributed by atoms with Crippen molar-refractivity contribution in [2.45, 2.75) is 39.2 Å². The van der Waals surface area contributed by atoms with Crippen LogP contribution in [0, 0.1) is 11.7 Å². The molecular weight excluding hydrogens is 225 g/mol. The molecule has 0 radical (unpaired) electrons. The van der Waals surface area contributed by atoms with Gasteiger partial charge in [0.2, 0.25) is 0 Å². The second-order valence-electron chi connectivity index (χ2n) is 4.65. The Kier molecular flexibility index (Phi) is 5.23. The summed E-state index contributed by atoms with van der Waals surface area (Å²) in [5.74, 6) is 0.305. The quantitative estimate of drug-likeness (QED) is 0.837. The van der Waals surface area contributed by atoms with Crippen LogP contribution in [0.5, 0.6) is 0 Å². The molecule has 0 amide bonds. The molecule has 3 heteroatoms. The second kappa shape index (κ2) is 6.21. The van der Waals surface area contributed by atoms with Gasteiger partial charge < -0.3 is 5.73 Å². The number of halogens is 2. The predicted octanol–water partition coefficient (Wildman–Crippen LogP) is 3.79. The largest absolute Gasteiger partial charge is 0.327 e. The Hall–Kier alpha value is -0.600. The van der Waals surface area contributed by atoms with Gasteiger partial charge >= 0.3 is 0 Å². The minimum absolute atomic E-state index is 0.00960. The highest BCUT2D eigenvalue weighted by Crippen LogP contribution is 2.19. The first-order valence-corrected chi connectivity index (χ1v) is 6.07. The predicted molar refractivity (Wildman–Crippen MR) is 67.2 cm³/mol. The molecule has 0 aromatic heterocycles. The van der Waals surface area contributed by atoms with E-state index in [9.17, 15) is 4.39 Å². The van der Waals surface area contributed by atoms with Gasteiger partial charge in [-0.2, -0.15) is 0 Å². The lowest BCUT2D eigenvalue weighted by Crippen LogP contribution is -2.23. The third-order valence-corrected chi connectivity index (χ3v) is 2.92. The first-order chi connectivity index (χ1) is 7.50. The summed E-state index contributed by atoms with van der Waals surface area (Å²) in [6, 6.07) is 5.07. The number of rotatable bonds is 5. The molecule has 1 nitrogen and oxygen atoms in total. The number of benzene rings is 1. The number of hydrogen-bond donors (Lipinski definition) is 1. The fraction of sp³-hybridized carbons (Fsp3) is 0.538. The summed E-state index contributed by atoms with van der Waals surface area (Å²) < 4.78 is 13.6. The van der Waals surface area contributed by atoms with Gasteiger partial charge in [-0.3, -0.25) is 0 Å². The molecule has 1 atom stereocenters. The van der Waals surface area contributed by atoms with Gasteiger partial charge in [-0.15, -0.1) is 0 Å². The summed E-state index contributed by atoms with van der Waals surface area (Å²) in [6.07, 6.45) is 2.55. The zero-order chi connectivity index (χ0) is 12.1. The minimum Gasteiger partial charge on any atom is -0.327 e. The summed E-state index contributed by atoms with van der Waals surface area (Å²) in [7, 11) is 0. The monoisotopic (exact) mass is 243 g/mol. The van der Waals surface area contributed by atoms with Crippen LogP contribution < -0.4 is 5.73 Å². The molecular formula is C13H19ClFN. The van der Waals surface area contributed by atoms with E-state index in [1.165, 1.54) is 0 Å². The number of nitrogens with two attached hydrogens (primary N) is 1. The van der Waals surface area contributed by atoms with Crippen LogP contribution in [0.4, 0.5) is 4.39 Å². The van der Waals surface area contributed by atoms with Crippen LogP contribution in [-0.4, -0.2) is 6.04 Å². The highest BCUT2D eigenvalue weighted by Gasteiger charge is 2.11. The van der Waals surface area contributed by atoms with E-state index >= 15 is 0 Å². The second-order valence-corrected chi connectivity index (χ2v) is 5.06. The van der Waals surface area contributed by atoms with Crippen LogP contribution in [0.3, 0.4) is 0 Å². The van der Waals surface area contributed by atoms with Crippen LogP contribution in [-0.2, 0) is 6.42 Å². The van der Waals surface area contributed by atoms with Crippen LogP contribution >= 0.6 is 11.6 Å². The van der Waals surface area contributed by atoms with Crippen LogP contribution in [0.1, 0.15) is 32.3 Å². The molecule has 90 valence electrons. The van der Waals surface area contributed by atoms with Gasteiger partial charge in [0.05, 0.1) is 5.02 Å². The van der Waals surface area contributed by atoms with E-state index in [1.54, 1.807) is 18.2 Å². The Balaban J connectivity index is 2.56. The maximum atomic E-state index is 13.6. The molecule has 1 unspecified atom stereocenters. The lowest BCUT2D eigenvalue weighted by Gasteiger charge is -2.13. The molecule has 0 heterocycles. The van der Waals surface area contributed by atoms with Crippen molar-refractivity contribution in [3.63, 3.8) is 0 Å². The topological polar surface area (TPSA) is 26.0 Å². The van der Waals surface area contributed by atoms with Gasteiger partial charge in [0.25, 0.3) is 0 Å².